The van der Waals surface area contributed by atoms with Crippen LogP contribution >= 0.6 is 17.2 Å². The van der Waals surface area contributed by atoms with Gasteiger partial charge in [-0.05, 0) is 11.5 Å². The molecule has 0 aliphatic rings. The Labute approximate surface area is 294 Å². The maximum absolute atomic E-state index is 10.5. The quantitative estimate of drug-likeness (QED) is 0.175. The number of carbonyl (C=O) groups is 2. The van der Waals surface area contributed by atoms with Gasteiger partial charge in [0.15, 0.2) is 0 Å². The Morgan fingerprint density at radius 1 is 0.976 bits per heavy atom. The van der Waals surface area contributed by atoms with Crippen LogP contribution in [0.5, 0.6) is 0 Å². The minimum atomic E-state index is -0.995. The number of nitrogens with zero attached hydrogens (tertiary/aromatic N) is 2. The molecular formula is C25H20N6O6P2V2Y-2. The van der Waals surface area contributed by atoms with Crippen molar-refractivity contribution in [3.63, 3.8) is 0 Å². The fourth-order valence-corrected chi connectivity index (χ4v) is 3.68. The van der Waals surface area contributed by atoms with E-state index in [0.717, 1.165) is 41.7 Å². The monoisotopic (exact) mass is 753 g/mol. The molecule has 2 amide bonds. The van der Waals surface area contributed by atoms with Gasteiger partial charge in [0.25, 0.3) is 0 Å². The van der Waals surface area contributed by atoms with Gasteiger partial charge in [0.2, 0.25) is 12.2 Å². The average Bonchev–Trinajstić information content (AvgIpc) is 3.58. The summed E-state index contributed by atoms with van der Waals surface area (Å²) in [6, 6.07) is 13.5. The van der Waals surface area contributed by atoms with E-state index in [4.69, 9.17) is 11.5 Å². The second kappa shape index (κ2) is 22.1. The van der Waals surface area contributed by atoms with Gasteiger partial charge in [-0.1, -0.05) is 41.4 Å². The van der Waals surface area contributed by atoms with Crippen LogP contribution < -0.4 is 11.1 Å². The number of fused-ring (bicyclic) bond motifs is 1. The number of H-pyrrole nitrogens is 2. The van der Waals surface area contributed by atoms with E-state index < -0.39 is 12.2 Å². The Bertz CT molecular complexity index is 1530. The third-order valence-corrected chi connectivity index (χ3v) is 5.72. The Morgan fingerprint density at radius 2 is 1.57 bits per heavy atom. The van der Waals surface area contributed by atoms with Crippen molar-refractivity contribution in [1.29, 1.82) is 0 Å². The van der Waals surface area contributed by atoms with Crippen molar-refractivity contribution in [2.45, 2.75) is 0 Å². The normalized spacial score (nSPS) is 9.38. The molecule has 0 bridgehead atoms. The number of rotatable bonds is 5. The van der Waals surface area contributed by atoms with Gasteiger partial charge in [-0.15, -0.1) is 23.1 Å². The molecule has 2 unspecified atom stereocenters. The number of carbonyl (C=O) groups excluding carboxylic acids is 4. The molecule has 2 atom stereocenters. The summed E-state index contributed by atoms with van der Waals surface area (Å²) in [5.41, 5.74) is 17.0. The zero-order valence-electron chi connectivity index (χ0n) is 22.0. The van der Waals surface area contributed by atoms with Crippen LogP contribution in [0.15, 0.2) is 36.5 Å². The predicted octanol–water partition coefficient (Wildman–Crippen LogP) is 3.68. The van der Waals surface area contributed by atoms with Crippen LogP contribution in [0.25, 0.3) is 33.5 Å². The van der Waals surface area contributed by atoms with Gasteiger partial charge in [-0.3, -0.25) is 9.59 Å². The van der Waals surface area contributed by atoms with Crippen molar-refractivity contribution < 1.29 is 98.5 Å². The summed E-state index contributed by atoms with van der Waals surface area (Å²) in [5.74, 6) is 6.11. The van der Waals surface area contributed by atoms with Gasteiger partial charge in [0.1, 0.15) is 5.69 Å². The third-order valence-electron chi connectivity index (χ3n) is 4.55. The van der Waals surface area contributed by atoms with E-state index in [9.17, 15) is 19.2 Å². The van der Waals surface area contributed by atoms with Crippen LogP contribution in [0.3, 0.4) is 0 Å². The van der Waals surface area contributed by atoms with E-state index in [1.165, 1.54) is 0 Å². The van der Waals surface area contributed by atoms with Gasteiger partial charge in [-0.2, -0.15) is 21.1 Å². The number of amides is 2. The molecule has 3 radical (unpaired) electrons. The zero-order chi connectivity index (χ0) is 28.8. The molecule has 12 nitrogen and oxygen atoms in total. The first-order valence-corrected chi connectivity index (χ1v) is 12.5. The van der Waals surface area contributed by atoms with E-state index in [1.807, 2.05) is 42.4 Å². The smallest absolute Gasteiger partial charge is 0.632 e. The second-order valence-corrected chi connectivity index (χ2v) is 8.79. The first kappa shape index (κ1) is 41.7. The van der Waals surface area contributed by atoms with E-state index >= 15 is 0 Å². The summed E-state index contributed by atoms with van der Waals surface area (Å²) in [4.78, 5) is 53.7. The van der Waals surface area contributed by atoms with Crippen molar-refractivity contribution in [3.05, 3.63) is 77.9 Å². The number of aromatic nitrogens is 4. The van der Waals surface area contributed by atoms with Crippen LogP contribution in [-0.4, -0.2) is 58.4 Å². The molecule has 0 saturated heterocycles. The summed E-state index contributed by atoms with van der Waals surface area (Å²) < 4.78 is 7.56. The van der Waals surface area contributed by atoms with Crippen molar-refractivity contribution >= 4 is 63.3 Å². The second-order valence-electron chi connectivity index (χ2n) is 6.93. The number of aromatic amines is 2. The molecule has 4 N–H and O–H groups in total. The Kier molecular flexibility index (Phi) is 22.0. The molecule has 0 aliphatic carbocycles. The van der Waals surface area contributed by atoms with E-state index in [-0.39, 0.29) is 87.0 Å². The number of benzene rings is 2. The molecule has 17 heteroatoms. The van der Waals surface area contributed by atoms with Crippen LogP contribution in [0, 0.1) is 25.0 Å². The fourth-order valence-electron chi connectivity index (χ4n) is 2.86. The standard InChI is InChI=1S/C21H12N4O2P2.2C2H5NO2.2V.Y/c1-13-17-6-3-14(2-5-16-9-22-20(24-16)28-11-26)8-15(17)4-7-18(13)19-10-23-21(25-19)29-12-27;2*1-5-2(3)4;;;/h3-4,6-9,28-29H,1H2,(H,22,24)(H,23,25);2*1H3,(H2,3,4);;;/q-4;;;2*+2;/p-2. The summed E-state index contributed by atoms with van der Waals surface area (Å²) in [7, 11) is 2.05. The summed E-state index contributed by atoms with van der Waals surface area (Å²) >= 11 is 0. The first-order valence-electron chi connectivity index (χ1n) is 10.5. The van der Waals surface area contributed by atoms with Crippen molar-refractivity contribution in [1.82, 2.24) is 19.9 Å². The SMILES string of the molecule is COC([NH-])=O.COC([NH-])=O.[CH2-]c1c(-c2[c-]nc(P[C-]=O)[nH]2)ccc2cc(C#Cc3cnc(P[C-]=O)[nH]3)ccc12.[V+2].[V+2].[Y]. The number of methoxy groups -OCH3 is 2. The molecule has 0 aliphatic heterocycles. The molecule has 4 rings (SSSR count). The Balaban J connectivity index is 0. The molecule has 0 saturated carbocycles. The fraction of sp³-hybridized carbons (Fsp3) is 0.0800. The number of imidazole rings is 2. The molecule has 0 fully saturated rings. The summed E-state index contributed by atoms with van der Waals surface area (Å²) in [5, 5.41) is 2.00. The van der Waals surface area contributed by atoms with Gasteiger partial charge in [0.05, 0.1) is 26.0 Å². The van der Waals surface area contributed by atoms with Crippen LogP contribution in [0.1, 0.15) is 16.8 Å². The van der Waals surface area contributed by atoms with Crippen LogP contribution in [0.4, 0.5) is 9.59 Å². The van der Waals surface area contributed by atoms with Gasteiger partial charge in [0, 0.05) is 38.3 Å². The Morgan fingerprint density at radius 3 is 2.14 bits per heavy atom. The van der Waals surface area contributed by atoms with E-state index in [0.29, 0.717) is 22.5 Å². The van der Waals surface area contributed by atoms with Gasteiger partial charge in [-0.25, -0.2) is 25.6 Å². The minimum absolute atomic E-state index is 0. The topological polar surface area (TPSA) is 192 Å². The van der Waals surface area contributed by atoms with Crippen molar-refractivity contribution in [2.24, 2.45) is 0 Å². The number of ether oxygens (including phenoxy) is 2. The maximum Gasteiger partial charge on any atom is 2.00 e. The van der Waals surface area contributed by atoms with Crippen molar-refractivity contribution in [2.75, 3.05) is 14.2 Å². The molecule has 2 aromatic heterocycles. The average molecular weight is 753 g/mol. The van der Waals surface area contributed by atoms with Crippen LogP contribution in [0.2, 0.25) is 0 Å². The van der Waals surface area contributed by atoms with Gasteiger partial charge >= 0.3 is 37.1 Å². The molecule has 42 heavy (non-hydrogen) atoms. The summed E-state index contributed by atoms with van der Waals surface area (Å²) in [6.07, 6.45) is 2.51. The third kappa shape index (κ3) is 13.7. The maximum atomic E-state index is 10.5. The molecule has 4 aromatic rings. The molecule has 2 aromatic carbocycles. The first-order chi connectivity index (χ1) is 18.7. The number of nitrogens with one attached hydrogen (secondary N) is 4. The van der Waals surface area contributed by atoms with E-state index in [2.05, 4.69) is 54.4 Å². The summed E-state index contributed by atoms with van der Waals surface area (Å²) in [6.45, 7) is 4.20. The largest absolute Gasteiger partial charge is 2.00 e. The Hall–Kier alpha value is -2.44. The molecule has 2 heterocycles. The van der Waals surface area contributed by atoms with Crippen LogP contribution in [-0.2, 0) is 88.9 Å². The minimum Gasteiger partial charge on any atom is -0.632 e. The molecular weight excluding hydrogens is 733 g/mol. The zero-order valence-corrected chi connectivity index (χ0v) is 29.6. The van der Waals surface area contributed by atoms with Crippen molar-refractivity contribution in [3.8, 4) is 23.1 Å². The molecule has 0 spiro atoms. The number of hydrogen-bond donors (Lipinski definition) is 2. The predicted molar refractivity (Wildman–Crippen MR) is 150 cm³/mol. The number of hydrogen-bond acceptors (Lipinski definition) is 8. The van der Waals surface area contributed by atoms with E-state index in [1.54, 1.807) is 6.20 Å². The van der Waals surface area contributed by atoms with Gasteiger partial charge < -0.3 is 45.5 Å². The molecule has 211 valence electrons.